The average Bonchev–Trinajstić information content (AvgIpc) is 2.76. The first-order chi connectivity index (χ1) is 10.4. The van der Waals surface area contributed by atoms with Crippen LogP contribution in [-0.2, 0) is 20.4 Å². The number of hydrogen-bond acceptors (Lipinski definition) is 4. The zero-order valence-electron chi connectivity index (χ0n) is 11.8. The van der Waals surface area contributed by atoms with Crippen LogP contribution in [0.4, 0.5) is 0 Å². The van der Waals surface area contributed by atoms with Crippen molar-refractivity contribution in [3.05, 3.63) is 42.2 Å². The Morgan fingerprint density at radius 3 is 2.73 bits per heavy atom. The number of pyridine rings is 1. The van der Waals surface area contributed by atoms with E-state index in [1.54, 1.807) is 11.1 Å². The van der Waals surface area contributed by atoms with Crippen LogP contribution in [0.5, 0.6) is 0 Å². The Bertz CT molecular complexity index is 822. The first-order valence-corrected chi connectivity index (χ1v) is 9.42. The van der Waals surface area contributed by atoms with Gasteiger partial charge in [0, 0.05) is 41.1 Å². The van der Waals surface area contributed by atoms with E-state index in [1.165, 1.54) is 0 Å². The quantitative estimate of drug-likeness (QED) is 0.801. The number of aromatic nitrogens is 1. The maximum atomic E-state index is 12.0. The predicted octanol–water partition coefficient (Wildman–Crippen LogP) is 2.15. The number of carbonyl (C=O) groups excluding carboxylic acids is 1. The Labute approximate surface area is 133 Å². The largest absolute Gasteiger partial charge is 0.336 e. The average molecular weight is 339 g/mol. The van der Waals surface area contributed by atoms with E-state index in [2.05, 4.69) is 4.98 Å². The molecule has 5 nitrogen and oxygen atoms in total. The molecule has 0 spiro atoms. The number of halogens is 1. The normalized spacial score (nSPS) is 19.0. The van der Waals surface area contributed by atoms with Gasteiger partial charge in [-0.2, -0.15) is 0 Å². The predicted molar refractivity (Wildman–Crippen MR) is 84.9 cm³/mol. The van der Waals surface area contributed by atoms with E-state index in [1.807, 2.05) is 30.3 Å². The van der Waals surface area contributed by atoms with Crippen molar-refractivity contribution in [1.29, 1.82) is 0 Å². The highest BCUT2D eigenvalue weighted by atomic mass is 35.7. The molecule has 7 heteroatoms. The molecule has 0 aliphatic carbocycles. The van der Waals surface area contributed by atoms with Crippen LogP contribution >= 0.6 is 10.7 Å². The van der Waals surface area contributed by atoms with Gasteiger partial charge in [-0.05, 0) is 11.5 Å². The molecule has 0 N–H and O–H groups in total. The summed E-state index contributed by atoms with van der Waals surface area (Å²) in [6.45, 7) is 0.793. The molecular formula is C15H15ClN2O3S. The van der Waals surface area contributed by atoms with E-state index in [0.717, 1.165) is 16.5 Å². The molecule has 0 bridgehead atoms. The molecule has 3 rings (SSSR count). The number of hydrogen-bond donors (Lipinski definition) is 0. The number of carbonyl (C=O) groups is 1. The Balaban J connectivity index is 1.73. The summed E-state index contributed by atoms with van der Waals surface area (Å²) in [5, 5.41) is 2.11. The second kappa shape index (κ2) is 5.85. The van der Waals surface area contributed by atoms with Gasteiger partial charge >= 0.3 is 0 Å². The van der Waals surface area contributed by atoms with E-state index >= 15 is 0 Å². The Hall–Kier alpha value is -1.66. The van der Waals surface area contributed by atoms with E-state index in [4.69, 9.17) is 10.7 Å². The lowest BCUT2D eigenvalue weighted by molar-refractivity contribution is -0.128. The van der Waals surface area contributed by atoms with Crippen LogP contribution in [0, 0.1) is 5.92 Å². The first kappa shape index (κ1) is 15.2. The van der Waals surface area contributed by atoms with Crippen molar-refractivity contribution in [2.75, 3.05) is 12.3 Å². The third-order valence-corrected chi connectivity index (χ3v) is 5.02. The molecule has 1 atom stereocenters. The highest BCUT2D eigenvalue weighted by Crippen LogP contribution is 2.23. The van der Waals surface area contributed by atoms with Crippen LogP contribution in [-0.4, -0.2) is 36.5 Å². The van der Waals surface area contributed by atoms with Crippen molar-refractivity contribution in [2.24, 2.45) is 5.92 Å². The van der Waals surface area contributed by atoms with E-state index in [-0.39, 0.29) is 24.0 Å². The monoisotopic (exact) mass is 338 g/mol. The maximum Gasteiger partial charge on any atom is 0.232 e. The van der Waals surface area contributed by atoms with Crippen LogP contribution in [0.25, 0.3) is 10.8 Å². The van der Waals surface area contributed by atoms with E-state index < -0.39 is 9.05 Å². The van der Waals surface area contributed by atoms with Crippen LogP contribution in [0.15, 0.2) is 36.5 Å². The standard InChI is InChI=1S/C15H15ClN2O3S/c16-22(20,21)10-11-5-15(19)18(8-11)9-14-6-12-3-1-2-4-13(12)7-17-14/h1-4,6-7,11H,5,8-10H2. The fourth-order valence-electron chi connectivity index (χ4n) is 2.81. The number of fused-ring (bicyclic) bond motifs is 1. The molecule has 0 radical (unpaired) electrons. The van der Waals surface area contributed by atoms with Gasteiger partial charge in [-0.3, -0.25) is 9.78 Å². The molecule has 1 amide bonds. The second-order valence-corrected chi connectivity index (χ2v) is 8.39. The van der Waals surface area contributed by atoms with Gasteiger partial charge in [0.2, 0.25) is 15.0 Å². The minimum Gasteiger partial charge on any atom is -0.336 e. The molecule has 2 aromatic rings. The van der Waals surface area contributed by atoms with Crippen molar-refractivity contribution >= 4 is 36.4 Å². The SMILES string of the molecule is O=C1CC(CS(=O)(=O)Cl)CN1Cc1cc2ccccc2cn1. The fraction of sp³-hybridized carbons (Fsp3) is 0.333. The molecule has 2 heterocycles. The number of benzene rings is 1. The number of rotatable bonds is 4. The molecule has 1 fully saturated rings. The van der Waals surface area contributed by atoms with Gasteiger partial charge in [0.25, 0.3) is 0 Å². The van der Waals surface area contributed by atoms with E-state index in [0.29, 0.717) is 13.1 Å². The lowest BCUT2D eigenvalue weighted by atomic mass is 10.1. The minimum absolute atomic E-state index is 0.0553. The molecule has 0 saturated carbocycles. The summed E-state index contributed by atoms with van der Waals surface area (Å²) >= 11 is 0. The Morgan fingerprint density at radius 1 is 1.27 bits per heavy atom. The molecule has 1 aromatic carbocycles. The molecule has 1 aliphatic heterocycles. The summed E-state index contributed by atoms with van der Waals surface area (Å²) in [4.78, 5) is 18.0. The van der Waals surface area contributed by atoms with Gasteiger partial charge in [-0.15, -0.1) is 0 Å². The molecule has 1 unspecified atom stereocenters. The lowest BCUT2D eigenvalue weighted by Gasteiger charge is -2.16. The zero-order chi connectivity index (χ0) is 15.7. The molecule has 116 valence electrons. The van der Waals surface area contributed by atoms with Crippen molar-refractivity contribution < 1.29 is 13.2 Å². The van der Waals surface area contributed by atoms with Crippen LogP contribution in [0.1, 0.15) is 12.1 Å². The fourth-order valence-corrected chi connectivity index (χ4v) is 4.13. The molecule has 22 heavy (non-hydrogen) atoms. The van der Waals surface area contributed by atoms with Crippen LogP contribution in [0.3, 0.4) is 0 Å². The van der Waals surface area contributed by atoms with Crippen molar-refractivity contribution in [1.82, 2.24) is 9.88 Å². The van der Waals surface area contributed by atoms with Crippen molar-refractivity contribution in [2.45, 2.75) is 13.0 Å². The number of nitrogens with zero attached hydrogens (tertiary/aromatic N) is 2. The van der Waals surface area contributed by atoms with E-state index in [9.17, 15) is 13.2 Å². The zero-order valence-corrected chi connectivity index (χ0v) is 13.3. The lowest BCUT2D eigenvalue weighted by Crippen LogP contribution is -2.25. The number of likely N-dealkylation sites (tertiary alicyclic amines) is 1. The molecule has 1 aromatic heterocycles. The number of amides is 1. The molecule has 1 saturated heterocycles. The van der Waals surface area contributed by atoms with Gasteiger partial charge in [-0.25, -0.2) is 8.42 Å². The smallest absolute Gasteiger partial charge is 0.232 e. The van der Waals surface area contributed by atoms with Crippen molar-refractivity contribution in [3.8, 4) is 0 Å². The highest BCUT2D eigenvalue weighted by Gasteiger charge is 2.32. The third-order valence-electron chi connectivity index (χ3n) is 3.77. The van der Waals surface area contributed by atoms with Gasteiger partial charge in [-0.1, -0.05) is 24.3 Å². The second-order valence-electron chi connectivity index (χ2n) is 5.57. The summed E-state index contributed by atoms with van der Waals surface area (Å²) < 4.78 is 22.3. The highest BCUT2D eigenvalue weighted by molar-refractivity contribution is 8.13. The van der Waals surface area contributed by atoms with Crippen molar-refractivity contribution in [3.63, 3.8) is 0 Å². The van der Waals surface area contributed by atoms with Crippen LogP contribution < -0.4 is 0 Å². The van der Waals surface area contributed by atoms with Gasteiger partial charge < -0.3 is 4.90 Å². The first-order valence-electron chi connectivity index (χ1n) is 6.94. The summed E-state index contributed by atoms with van der Waals surface area (Å²) in [5.74, 6) is -0.460. The summed E-state index contributed by atoms with van der Waals surface area (Å²) in [7, 11) is 1.69. The molecular weight excluding hydrogens is 324 g/mol. The Kier molecular flexibility index (Phi) is 4.06. The summed E-state index contributed by atoms with van der Waals surface area (Å²) in [6.07, 6.45) is 2.01. The summed E-state index contributed by atoms with van der Waals surface area (Å²) in [6, 6.07) is 9.83. The van der Waals surface area contributed by atoms with Gasteiger partial charge in [0.05, 0.1) is 18.0 Å². The Morgan fingerprint density at radius 2 is 2.00 bits per heavy atom. The summed E-state index contributed by atoms with van der Waals surface area (Å²) in [5.41, 5.74) is 0.793. The van der Waals surface area contributed by atoms with Gasteiger partial charge in [0.1, 0.15) is 0 Å². The van der Waals surface area contributed by atoms with Crippen LogP contribution in [0.2, 0.25) is 0 Å². The molecule has 1 aliphatic rings. The topological polar surface area (TPSA) is 67.3 Å². The maximum absolute atomic E-state index is 12.0. The minimum atomic E-state index is -3.58. The third kappa shape index (κ3) is 3.56. The van der Waals surface area contributed by atoms with Gasteiger partial charge in [0.15, 0.2) is 0 Å².